The topological polar surface area (TPSA) is 67.9 Å². The minimum atomic E-state index is 0.0883. The van der Waals surface area contributed by atoms with E-state index in [-0.39, 0.29) is 11.2 Å². The zero-order valence-corrected chi connectivity index (χ0v) is 10.9. The molecule has 21 heavy (non-hydrogen) atoms. The largest absolute Gasteiger partial charge is 0.508 e. The summed E-state index contributed by atoms with van der Waals surface area (Å²) >= 11 is 0. The van der Waals surface area contributed by atoms with Gasteiger partial charge in [-0.15, -0.1) is 0 Å². The number of rotatable bonds is 1. The molecule has 0 atom stereocenters. The molecule has 0 saturated carbocycles. The zero-order valence-electron chi connectivity index (χ0n) is 10.9. The third-order valence-electron chi connectivity index (χ3n) is 3.44. The molecule has 0 unspecified atom stereocenters. The van der Waals surface area contributed by atoms with Crippen molar-refractivity contribution in [2.45, 2.75) is 0 Å². The fraction of sp³-hybridized carbons (Fsp3) is 0. The summed E-state index contributed by atoms with van der Waals surface area (Å²) in [5.41, 5.74) is 2.06. The molecular weight excluding hydrogens is 268 g/mol. The molecule has 0 spiro atoms. The highest BCUT2D eigenvalue weighted by Crippen LogP contribution is 2.31. The van der Waals surface area contributed by atoms with Crippen molar-refractivity contribution in [3.8, 4) is 17.1 Å². The first-order valence-electron chi connectivity index (χ1n) is 6.47. The van der Waals surface area contributed by atoms with Crippen molar-refractivity contribution in [1.82, 2.24) is 0 Å². The summed E-state index contributed by atoms with van der Waals surface area (Å²) in [7, 11) is 0. The Kier molecular flexibility index (Phi) is 2.38. The monoisotopic (exact) mass is 279 g/mol. The Hall–Kier alpha value is -3.01. The SMILES string of the molecule is Oc1ccc(-c2cc3ccoc4cc(=[OH+])cc(o2)c34)cc1. The lowest BCUT2D eigenvalue weighted by Crippen LogP contribution is -1.99. The minimum absolute atomic E-state index is 0.0883. The van der Waals surface area contributed by atoms with Crippen LogP contribution in [0.1, 0.15) is 0 Å². The summed E-state index contributed by atoms with van der Waals surface area (Å²) < 4.78 is 11.3. The summed E-state index contributed by atoms with van der Waals surface area (Å²) in [6, 6.07) is 13.7. The molecule has 0 saturated heterocycles. The predicted octanol–water partition coefficient (Wildman–Crippen LogP) is 3.56. The lowest BCUT2D eigenvalue weighted by atomic mass is 10.1. The second kappa shape index (κ2) is 4.24. The quantitative estimate of drug-likeness (QED) is 0.542. The van der Waals surface area contributed by atoms with Gasteiger partial charge in [-0.2, -0.15) is 0 Å². The van der Waals surface area contributed by atoms with E-state index in [2.05, 4.69) is 0 Å². The number of aromatic hydroxyl groups is 1. The summed E-state index contributed by atoms with van der Waals surface area (Å²) in [5, 5.41) is 11.2. The molecule has 0 aliphatic heterocycles. The van der Waals surface area contributed by atoms with E-state index < -0.39 is 0 Å². The van der Waals surface area contributed by atoms with Crippen molar-refractivity contribution in [2.75, 3.05) is 0 Å². The lowest BCUT2D eigenvalue weighted by Gasteiger charge is -2.07. The predicted molar refractivity (Wildman–Crippen MR) is 78.2 cm³/mol. The van der Waals surface area contributed by atoms with Gasteiger partial charge in [0.05, 0.1) is 23.8 Å². The summed E-state index contributed by atoms with van der Waals surface area (Å²) in [4.78, 5) is 9.76. The molecule has 4 nitrogen and oxygen atoms in total. The van der Waals surface area contributed by atoms with Crippen LogP contribution in [0.2, 0.25) is 0 Å². The molecule has 2 aromatic carbocycles. The maximum atomic E-state index is 9.76. The number of hydrogen-bond donors (Lipinski definition) is 1. The number of hydrogen-bond acceptors (Lipinski definition) is 3. The Morgan fingerprint density at radius 3 is 2.48 bits per heavy atom. The maximum Gasteiger partial charge on any atom is 0.347 e. The third kappa shape index (κ3) is 1.89. The Balaban J connectivity index is 2.08. The van der Waals surface area contributed by atoms with Crippen LogP contribution in [0.25, 0.3) is 33.3 Å². The minimum Gasteiger partial charge on any atom is -0.508 e. The molecule has 4 rings (SSSR count). The van der Waals surface area contributed by atoms with Gasteiger partial charge in [0.25, 0.3) is 0 Å². The van der Waals surface area contributed by atoms with Crippen LogP contribution in [-0.2, 0) is 0 Å². The number of phenols is 1. The maximum absolute atomic E-state index is 9.76. The van der Waals surface area contributed by atoms with Gasteiger partial charge in [0.15, 0.2) is 0 Å². The molecule has 0 bridgehead atoms. The molecule has 4 aromatic rings. The van der Waals surface area contributed by atoms with Gasteiger partial charge in [0, 0.05) is 5.56 Å². The highest BCUT2D eigenvalue weighted by atomic mass is 16.3. The molecule has 0 aliphatic rings. The van der Waals surface area contributed by atoms with E-state index in [1.54, 1.807) is 42.7 Å². The smallest absolute Gasteiger partial charge is 0.347 e. The van der Waals surface area contributed by atoms with Gasteiger partial charge in [-0.1, -0.05) is 0 Å². The summed E-state index contributed by atoms with van der Waals surface area (Å²) in [6.07, 6.45) is 1.58. The van der Waals surface area contributed by atoms with E-state index in [1.165, 1.54) is 0 Å². The molecule has 0 amide bonds. The van der Waals surface area contributed by atoms with Crippen molar-refractivity contribution in [1.29, 1.82) is 0 Å². The summed E-state index contributed by atoms with van der Waals surface area (Å²) in [5.74, 6) is 0.856. The van der Waals surface area contributed by atoms with Crippen LogP contribution in [0.5, 0.6) is 5.75 Å². The van der Waals surface area contributed by atoms with Crippen molar-refractivity contribution in [3.05, 3.63) is 60.2 Å². The molecule has 4 heteroatoms. The van der Waals surface area contributed by atoms with E-state index in [0.717, 1.165) is 16.3 Å². The second-order valence-corrected chi connectivity index (χ2v) is 4.85. The molecule has 2 N–H and O–H groups in total. The van der Waals surface area contributed by atoms with Crippen LogP contribution in [0.15, 0.2) is 63.6 Å². The van der Waals surface area contributed by atoms with Gasteiger partial charge < -0.3 is 13.9 Å². The van der Waals surface area contributed by atoms with Crippen molar-refractivity contribution in [2.24, 2.45) is 0 Å². The Labute approximate surface area is 118 Å². The first kappa shape index (κ1) is 11.8. The molecule has 0 aliphatic carbocycles. The van der Waals surface area contributed by atoms with Gasteiger partial charge in [-0.3, -0.25) is 4.79 Å². The lowest BCUT2D eigenvalue weighted by molar-refractivity contribution is 0.475. The molecule has 0 fully saturated rings. The van der Waals surface area contributed by atoms with Crippen molar-refractivity contribution < 1.29 is 18.7 Å². The van der Waals surface area contributed by atoms with E-state index in [4.69, 9.17) is 8.83 Å². The highest BCUT2D eigenvalue weighted by Gasteiger charge is 2.12. The number of phenolic OH excluding ortho intramolecular Hbond substituents is 1. The standard InChI is InChI=1S/C17H10O4/c18-12-3-1-10(2-4-12)14-7-11-5-6-20-15-8-13(19)9-16(21-14)17(11)15/h1-9,18H/p+1. The average molecular weight is 279 g/mol. The van der Waals surface area contributed by atoms with Crippen LogP contribution < -0.4 is 5.43 Å². The third-order valence-corrected chi connectivity index (χ3v) is 3.44. The van der Waals surface area contributed by atoms with Gasteiger partial charge in [-0.05, 0) is 41.8 Å². The van der Waals surface area contributed by atoms with Crippen LogP contribution in [-0.4, -0.2) is 9.90 Å². The molecular formula is C17H11O4+. The Morgan fingerprint density at radius 2 is 1.67 bits per heavy atom. The average Bonchev–Trinajstić information content (AvgIpc) is 2.47. The normalized spacial score (nSPS) is 11.2. The zero-order chi connectivity index (χ0) is 14.4. The molecule has 2 aromatic heterocycles. The fourth-order valence-electron chi connectivity index (χ4n) is 2.48. The van der Waals surface area contributed by atoms with Gasteiger partial charge in [0.1, 0.15) is 22.7 Å². The van der Waals surface area contributed by atoms with Crippen LogP contribution in [0.4, 0.5) is 0 Å². The first-order chi connectivity index (χ1) is 10.2. The molecule has 102 valence electrons. The fourth-order valence-corrected chi connectivity index (χ4v) is 2.48. The van der Waals surface area contributed by atoms with E-state index in [1.807, 2.05) is 12.1 Å². The van der Waals surface area contributed by atoms with Gasteiger partial charge >= 0.3 is 5.43 Å². The molecule has 0 radical (unpaired) electrons. The highest BCUT2D eigenvalue weighted by molar-refractivity contribution is 6.05. The molecule has 2 heterocycles. The van der Waals surface area contributed by atoms with E-state index >= 15 is 0 Å². The second-order valence-electron chi connectivity index (χ2n) is 4.85. The van der Waals surface area contributed by atoms with E-state index in [0.29, 0.717) is 16.9 Å². The van der Waals surface area contributed by atoms with Crippen LogP contribution >= 0.6 is 0 Å². The van der Waals surface area contributed by atoms with Gasteiger partial charge in [0.2, 0.25) is 0 Å². The van der Waals surface area contributed by atoms with Crippen LogP contribution in [0, 0.1) is 0 Å². The van der Waals surface area contributed by atoms with Gasteiger partial charge in [-0.25, -0.2) is 0 Å². The number of benzene rings is 2. The van der Waals surface area contributed by atoms with Crippen LogP contribution in [0.3, 0.4) is 0 Å². The Morgan fingerprint density at radius 1 is 0.905 bits per heavy atom. The van der Waals surface area contributed by atoms with E-state index in [9.17, 15) is 9.90 Å². The van der Waals surface area contributed by atoms with Crippen molar-refractivity contribution >= 4 is 21.9 Å². The van der Waals surface area contributed by atoms with Crippen molar-refractivity contribution in [3.63, 3.8) is 0 Å². The Bertz CT molecular complexity index is 1010. The first-order valence-corrected chi connectivity index (χ1v) is 6.47. The summed E-state index contributed by atoms with van der Waals surface area (Å²) in [6.45, 7) is 0.